The van der Waals surface area contributed by atoms with Crippen LogP contribution in [0.5, 0.6) is 0 Å². The monoisotopic (exact) mass is 313 g/mol. The van der Waals surface area contributed by atoms with E-state index in [4.69, 9.17) is 4.84 Å². The van der Waals surface area contributed by atoms with Gasteiger partial charge < -0.3 is 4.84 Å². The highest BCUT2D eigenvalue weighted by molar-refractivity contribution is 5.64. The first-order chi connectivity index (χ1) is 10.3. The molecule has 0 radical (unpaired) electrons. The Kier molecular flexibility index (Phi) is 4.83. The molecule has 0 aliphatic rings. The van der Waals surface area contributed by atoms with Gasteiger partial charge in [0.05, 0.1) is 19.2 Å². The topological polar surface area (TPSA) is 12.5 Å². The van der Waals surface area contributed by atoms with Gasteiger partial charge in [-0.1, -0.05) is 24.3 Å². The molecule has 0 aromatic heterocycles. The molecule has 0 N–H and O–H groups in total. The third-order valence-electron chi connectivity index (χ3n) is 3.30. The highest BCUT2D eigenvalue weighted by Gasteiger charge is 2.29. The second-order valence-corrected chi connectivity index (χ2v) is 4.85. The average molecular weight is 313 g/mol. The number of benzene rings is 2. The van der Waals surface area contributed by atoms with Crippen molar-refractivity contribution in [2.24, 2.45) is 0 Å². The molecule has 2 rings (SSSR count). The van der Waals surface area contributed by atoms with Crippen LogP contribution in [-0.2, 0) is 17.6 Å². The van der Waals surface area contributed by atoms with Gasteiger partial charge in [-0.05, 0) is 29.3 Å². The van der Waals surface area contributed by atoms with Crippen LogP contribution in [0.25, 0.3) is 11.1 Å². The smallest absolute Gasteiger partial charge is 0.302 e. The van der Waals surface area contributed by atoms with Crippen molar-refractivity contribution in [3.63, 3.8) is 0 Å². The summed E-state index contributed by atoms with van der Waals surface area (Å²) in [5.41, 5.74) is 0.767. The lowest BCUT2D eigenvalue weighted by molar-refractivity contribution is -0.137. The molecule has 0 unspecified atom stereocenters. The van der Waals surface area contributed by atoms with Crippen molar-refractivity contribution < 1.29 is 22.4 Å². The second kappa shape index (κ2) is 6.46. The average Bonchev–Trinajstić information content (AvgIpc) is 2.48. The van der Waals surface area contributed by atoms with E-state index >= 15 is 0 Å². The third-order valence-corrected chi connectivity index (χ3v) is 3.30. The maximum atomic E-state index is 14.0. The Hall–Kier alpha value is -1.92. The van der Waals surface area contributed by atoms with Crippen LogP contribution in [-0.4, -0.2) is 19.2 Å². The van der Waals surface area contributed by atoms with Gasteiger partial charge in [0.15, 0.2) is 0 Å². The molecule has 0 amide bonds. The van der Waals surface area contributed by atoms with E-state index in [1.165, 1.54) is 30.4 Å². The molecule has 0 bridgehead atoms. The SMILES string of the molecule is CON(C)Cc1ccc(-c2ccc(C(F)(F)F)cc2)cc1F. The van der Waals surface area contributed by atoms with Crippen LogP contribution in [0.1, 0.15) is 11.1 Å². The summed E-state index contributed by atoms with van der Waals surface area (Å²) < 4.78 is 51.6. The summed E-state index contributed by atoms with van der Waals surface area (Å²) in [4.78, 5) is 4.93. The van der Waals surface area contributed by atoms with E-state index < -0.39 is 17.6 Å². The van der Waals surface area contributed by atoms with Gasteiger partial charge in [-0.15, -0.1) is 0 Å². The molecule has 2 nitrogen and oxygen atoms in total. The number of hydrogen-bond acceptors (Lipinski definition) is 2. The Balaban J connectivity index is 2.25. The first-order valence-electron chi connectivity index (χ1n) is 6.52. The Labute approximate surface area is 125 Å². The van der Waals surface area contributed by atoms with Gasteiger partial charge in [0.1, 0.15) is 5.82 Å². The highest BCUT2D eigenvalue weighted by Crippen LogP contribution is 2.31. The Morgan fingerprint density at radius 3 is 2.09 bits per heavy atom. The summed E-state index contributed by atoms with van der Waals surface area (Å²) in [6.07, 6.45) is -4.38. The minimum Gasteiger partial charge on any atom is -0.302 e. The maximum absolute atomic E-state index is 14.0. The fourth-order valence-electron chi connectivity index (χ4n) is 2.01. The Morgan fingerprint density at radius 2 is 1.59 bits per heavy atom. The number of hydroxylamine groups is 2. The van der Waals surface area contributed by atoms with Gasteiger partial charge in [0.25, 0.3) is 0 Å². The predicted molar refractivity (Wildman–Crippen MR) is 75.3 cm³/mol. The number of nitrogens with zero attached hydrogens (tertiary/aromatic N) is 1. The molecular formula is C16H15F4NO. The lowest BCUT2D eigenvalue weighted by Gasteiger charge is -2.14. The summed E-state index contributed by atoms with van der Waals surface area (Å²) in [6.45, 7) is 0.273. The molecule has 0 aliphatic heterocycles. The summed E-state index contributed by atoms with van der Waals surface area (Å²) in [6, 6.07) is 9.21. The first-order valence-corrected chi connectivity index (χ1v) is 6.52. The zero-order valence-electron chi connectivity index (χ0n) is 12.1. The quantitative estimate of drug-likeness (QED) is 0.608. The first kappa shape index (κ1) is 16.5. The van der Waals surface area contributed by atoms with Gasteiger partial charge >= 0.3 is 6.18 Å². The van der Waals surface area contributed by atoms with Crippen molar-refractivity contribution >= 4 is 0 Å². The van der Waals surface area contributed by atoms with Crippen LogP contribution in [0, 0.1) is 5.82 Å². The fraction of sp³-hybridized carbons (Fsp3) is 0.250. The van der Waals surface area contributed by atoms with E-state index in [0.29, 0.717) is 16.7 Å². The van der Waals surface area contributed by atoms with Gasteiger partial charge in [0, 0.05) is 12.6 Å². The fourth-order valence-corrected chi connectivity index (χ4v) is 2.01. The van der Waals surface area contributed by atoms with Crippen molar-refractivity contribution in [1.29, 1.82) is 0 Å². The van der Waals surface area contributed by atoms with Crippen LogP contribution >= 0.6 is 0 Å². The van der Waals surface area contributed by atoms with Crippen LogP contribution in [0.3, 0.4) is 0 Å². The van der Waals surface area contributed by atoms with E-state index in [0.717, 1.165) is 12.1 Å². The van der Waals surface area contributed by atoms with E-state index in [1.807, 2.05) is 0 Å². The number of rotatable bonds is 4. The van der Waals surface area contributed by atoms with E-state index in [1.54, 1.807) is 19.2 Å². The molecule has 0 fully saturated rings. The summed E-state index contributed by atoms with van der Waals surface area (Å²) in [5.74, 6) is -0.429. The minimum absolute atomic E-state index is 0.273. The van der Waals surface area contributed by atoms with Crippen molar-refractivity contribution in [1.82, 2.24) is 5.06 Å². The molecule has 0 heterocycles. The lowest BCUT2D eigenvalue weighted by atomic mass is 10.0. The molecular weight excluding hydrogens is 298 g/mol. The summed E-state index contributed by atoms with van der Waals surface area (Å²) in [7, 11) is 3.15. The van der Waals surface area contributed by atoms with E-state index in [-0.39, 0.29) is 6.54 Å². The molecule has 0 saturated heterocycles. The molecule has 6 heteroatoms. The number of hydrogen-bond donors (Lipinski definition) is 0. The van der Waals surface area contributed by atoms with Gasteiger partial charge in [0.2, 0.25) is 0 Å². The molecule has 118 valence electrons. The largest absolute Gasteiger partial charge is 0.416 e. The zero-order valence-corrected chi connectivity index (χ0v) is 12.1. The maximum Gasteiger partial charge on any atom is 0.416 e. The summed E-state index contributed by atoms with van der Waals surface area (Å²) in [5, 5.41) is 1.47. The normalized spacial score (nSPS) is 12.0. The third kappa shape index (κ3) is 3.84. The zero-order chi connectivity index (χ0) is 16.3. The van der Waals surface area contributed by atoms with Crippen LogP contribution < -0.4 is 0 Å². The molecule has 22 heavy (non-hydrogen) atoms. The van der Waals surface area contributed by atoms with Gasteiger partial charge in [-0.25, -0.2) is 4.39 Å². The van der Waals surface area contributed by atoms with Crippen molar-refractivity contribution in [2.75, 3.05) is 14.2 Å². The molecule has 2 aromatic carbocycles. The highest BCUT2D eigenvalue weighted by atomic mass is 19.4. The van der Waals surface area contributed by atoms with Crippen molar-refractivity contribution in [3.05, 3.63) is 59.4 Å². The Bertz CT molecular complexity index is 638. The van der Waals surface area contributed by atoms with E-state index in [2.05, 4.69) is 0 Å². The number of alkyl halides is 3. The predicted octanol–water partition coefficient (Wildman–Crippen LogP) is 4.50. The van der Waals surface area contributed by atoms with E-state index in [9.17, 15) is 17.6 Å². The van der Waals surface area contributed by atoms with Crippen LogP contribution in [0.15, 0.2) is 42.5 Å². The van der Waals surface area contributed by atoms with Gasteiger partial charge in [-0.2, -0.15) is 18.2 Å². The Morgan fingerprint density at radius 1 is 1.00 bits per heavy atom. The minimum atomic E-state index is -4.38. The molecule has 2 aromatic rings. The van der Waals surface area contributed by atoms with Crippen molar-refractivity contribution in [3.8, 4) is 11.1 Å². The standard InChI is InChI=1S/C16H15F4NO/c1-21(22-2)10-13-4-3-12(9-15(13)17)11-5-7-14(8-6-11)16(18,19)20/h3-9H,10H2,1-2H3. The molecule has 0 atom stereocenters. The molecule has 0 saturated carbocycles. The molecule has 0 aliphatic carbocycles. The summed E-state index contributed by atoms with van der Waals surface area (Å²) >= 11 is 0. The van der Waals surface area contributed by atoms with Gasteiger partial charge in [-0.3, -0.25) is 0 Å². The molecule has 0 spiro atoms. The second-order valence-electron chi connectivity index (χ2n) is 4.85. The van der Waals surface area contributed by atoms with Crippen LogP contribution in [0.2, 0.25) is 0 Å². The lowest BCUT2D eigenvalue weighted by Crippen LogP contribution is -2.16. The van der Waals surface area contributed by atoms with Crippen LogP contribution in [0.4, 0.5) is 17.6 Å². The number of halogens is 4. The van der Waals surface area contributed by atoms with Crippen molar-refractivity contribution in [2.45, 2.75) is 12.7 Å².